The van der Waals surface area contributed by atoms with E-state index in [0.29, 0.717) is 5.56 Å². The quantitative estimate of drug-likeness (QED) is 0.694. The average molecular weight is 220 g/mol. The summed E-state index contributed by atoms with van der Waals surface area (Å²) in [7, 11) is 0. The van der Waals surface area contributed by atoms with Gasteiger partial charge in [-0.2, -0.15) is 8.75 Å². The van der Waals surface area contributed by atoms with E-state index in [1.54, 1.807) is 0 Å². The summed E-state index contributed by atoms with van der Waals surface area (Å²) in [5.41, 5.74) is 1.82. The average Bonchev–Trinajstić information content (AvgIpc) is 2.62. The summed E-state index contributed by atoms with van der Waals surface area (Å²) in [5, 5.41) is 0. The molecule has 1 aromatic carbocycles. The van der Waals surface area contributed by atoms with Gasteiger partial charge in [-0.15, -0.1) is 0 Å². The van der Waals surface area contributed by atoms with Crippen LogP contribution < -0.4 is 0 Å². The van der Waals surface area contributed by atoms with Crippen molar-refractivity contribution in [2.75, 3.05) is 0 Å². The largest absolute Gasteiger partial charge is 0.294 e. The molecule has 0 fully saturated rings. The second-order valence-electron chi connectivity index (χ2n) is 4.52. The Morgan fingerprint density at radius 3 is 2.67 bits per heavy atom. The van der Waals surface area contributed by atoms with Crippen molar-refractivity contribution in [2.45, 2.75) is 20.8 Å². The molecule has 3 nitrogen and oxygen atoms in total. The third kappa shape index (κ3) is 1.77. The molecule has 2 aromatic rings. The lowest BCUT2D eigenvalue weighted by Gasteiger charge is -2.16. The summed E-state index contributed by atoms with van der Waals surface area (Å²) in [6.07, 6.45) is 0. The first-order valence-electron chi connectivity index (χ1n) is 4.76. The highest BCUT2D eigenvalue weighted by Crippen LogP contribution is 2.25. The van der Waals surface area contributed by atoms with Gasteiger partial charge in [0.15, 0.2) is 5.78 Å². The van der Waals surface area contributed by atoms with E-state index in [1.807, 2.05) is 39.0 Å². The highest BCUT2D eigenvalue weighted by molar-refractivity contribution is 7.00. The van der Waals surface area contributed by atoms with E-state index in [1.165, 1.54) is 0 Å². The van der Waals surface area contributed by atoms with Gasteiger partial charge in [-0.25, -0.2) is 0 Å². The van der Waals surface area contributed by atoms with Crippen LogP contribution in [0.25, 0.3) is 11.0 Å². The summed E-state index contributed by atoms with van der Waals surface area (Å²) < 4.78 is 8.29. The Morgan fingerprint density at radius 1 is 1.27 bits per heavy atom. The Bertz CT molecular complexity index is 511. The lowest BCUT2D eigenvalue weighted by Crippen LogP contribution is -2.20. The number of benzene rings is 1. The molecule has 0 spiro atoms. The number of carbonyl (C=O) groups excluding carboxylic acids is 1. The van der Waals surface area contributed by atoms with Gasteiger partial charge in [-0.3, -0.25) is 4.79 Å². The van der Waals surface area contributed by atoms with Crippen molar-refractivity contribution < 1.29 is 4.79 Å². The summed E-state index contributed by atoms with van der Waals surface area (Å²) in [6.45, 7) is 5.73. The number of aromatic nitrogens is 2. The molecule has 15 heavy (non-hydrogen) atoms. The summed E-state index contributed by atoms with van der Waals surface area (Å²) >= 11 is 1.14. The van der Waals surface area contributed by atoms with Crippen LogP contribution in [0.3, 0.4) is 0 Å². The molecule has 0 saturated heterocycles. The molecule has 0 amide bonds. The minimum atomic E-state index is -0.377. The lowest BCUT2D eigenvalue weighted by molar-refractivity contribution is 0.0860. The maximum Gasteiger partial charge on any atom is 0.170 e. The van der Waals surface area contributed by atoms with Gasteiger partial charge in [-0.1, -0.05) is 26.8 Å². The van der Waals surface area contributed by atoms with Crippen LogP contribution in [-0.2, 0) is 0 Å². The first kappa shape index (κ1) is 10.2. The van der Waals surface area contributed by atoms with Crippen LogP contribution in [0.2, 0.25) is 0 Å². The number of hydrogen-bond donors (Lipinski definition) is 0. The predicted octanol–water partition coefficient (Wildman–Crippen LogP) is 2.92. The highest BCUT2D eigenvalue weighted by Gasteiger charge is 2.25. The van der Waals surface area contributed by atoms with Crippen LogP contribution in [-0.4, -0.2) is 14.5 Å². The Balaban J connectivity index is 2.62. The maximum absolute atomic E-state index is 12.1. The zero-order valence-corrected chi connectivity index (χ0v) is 9.76. The number of Topliss-reactive ketones (excluding diaryl/α,β-unsaturated/α-hetero) is 1. The predicted molar refractivity (Wildman–Crippen MR) is 61.2 cm³/mol. The number of rotatable bonds is 1. The zero-order chi connectivity index (χ0) is 11.1. The summed E-state index contributed by atoms with van der Waals surface area (Å²) in [6, 6.07) is 5.54. The van der Waals surface area contributed by atoms with Crippen molar-refractivity contribution in [3.8, 4) is 0 Å². The standard InChI is InChI=1S/C11H12N2OS/c1-11(2,3)10(14)7-5-4-6-8-9(7)13-15-12-8/h4-6H,1-3H3. The molecule has 1 heterocycles. The number of ketones is 1. The lowest BCUT2D eigenvalue weighted by atomic mass is 9.86. The fourth-order valence-electron chi connectivity index (χ4n) is 1.39. The van der Waals surface area contributed by atoms with Crippen molar-refractivity contribution >= 4 is 28.5 Å². The molecule has 4 heteroatoms. The zero-order valence-electron chi connectivity index (χ0n) is 8.94. The van der Waals surface area contributed by atoms with E-state index < -0.39 is 0 Å². The topological polar surface area (TPSA) is 42.9 Å². The number of carbonyl (C=O) groups is 1. The Hall–Kier alpha value is -1.29. The van der Waals surface area contributed by atoms with Crippen LogP contribution in [0.5, 0.6) is 0 Å². The molecule has 0 saturated carbocycles. The van der Waals surface area contributed by atoms with Gasteiger partial charge in [0.05, 0.1) is 11.7 Å². The molecule has 0 aliphatic heterocycles. The SMILES string of the molecule is CC(C)(C)C(=O)c1cccc2nsnc12. The van der Waals surface area contributed by atoms with Crippen molar-refractivity contribution in [3.63, 3.8) is 0 Å². The Kier molecular flexibility index (Phi) is 2.31. The van der Waals surface area contributed by atoms with Gasteiger partial charge in [0, 0.05) is 11.0 Å². The molecule has 0 radical (unpaired) electrons. The third-order valence-corrected chi connectivity index (χ3v) is 2.75. The first-order chi connectivity index (χ1) is 7.00. The third-order valence-electron chi connectivity index (χ3n) is 2.21. The minimum Gasteiger partial charge on any atom is -0.294 e. The number of nitrogens with zero attached hydrogens (tertiary/aromatic N) is 2. The van der Waals surface area contributed by atoms with E-state index in [9.17, 15) is 4.79 Å². The van der Waals surface area contributed by atoms with Crippen molar-refractivity contribution in [3.05, 3.63) is 23.8 Å². The number of fused-ring (bicyclic) bond motifs is 1. The fourth-order valence-corrected chi connectivity index (χ4v) is 1.94. The van der Waals surface area contributed by atoms with E-state index in [2.05, 4.69) is 8.75 Å². The van der Waals surface area contributed by atoms with Crippen LogP contribution in [0.1, 0.15) is 31.1 Å². The molecular formula is C11H12N2OS. The monoisotopic (exact) mass is 220 g/mol. The molecule has 1 aromatic heterocycles. The molecule has 0 atom stereocenters. The highest BCUT2D eigenvalue weighted by atomic mass is 32.1. The molecule has 2 rings (SSSR count). The molecule has 78 valence electrons. The Morgan fingerprint density at radius 2 is 2.00 bits per heavy atom. The summed E-state index contributed by atoms with van der Waals surface area (Å²) in [5.74, 6) is 0.112. The second kappa shape index (κ2) is 3.38. The van der Waals surface area contributed by atoms with Crippen molar-refractivity contribution in [1.82, 2.24) is 8.75 Å². The van der Waals surface area contributed by atoms with Gasteiger partial charge >= 0.3 is 0 Å². The van der Waals surface area contributed by atoms with Crippen LogP contribution in [0.15, 0.2) is 18.2 Å². The van der Waals surface area contributed by atoms with E-state index >= 15 is 0 Å². The first-order valence-corrected chi connectivity index (χ1v) is 5.49. The smallest absolute Gasteiger partial charge is 0.170 e. The number of hydrogen-bond acceptors (Lipinski definition) is 4. The van der Waals surface area contributed by atoms with Crippen LogP contribution in [0, 0.1) is 5.41 Å². The van der Waals surface area contributed by atoms with E-state index in [4.69, 9.17) is 0 Å². The van der Waals surface area contributed by atoms with Crippen molar-refractivity contribution in [1.29, 1.82) is 0 Å². The van der Waals surface area contributed by atoms with E-state index in [0.717, 1.165) is 22.8 Å². The molecule has 0 bridgehead atoms. The van der Waals surface area contributed by atoms with Gasteiger partial charge < -0.3 is 0 Å². The van der Waals surface area contributed by atoms with E-state index in [-0.39, 0.29) is 11.2 Å². The van der Waals surface area contributed by atoms with Crippen LogP contribution >= 0.6 is 11.7 Å². The van der Waals surface area contributed by atoms with Gasteiger partial charge in [0.1, 0.15) is 11.0 Å². The van der Waals surface area contributed by atoms with Crippen LogP contribution in [0.4, 0.5) is 0 Å². The molecular weight excluding hydrogens is 208 g/mol. The Labute approximate surface area is 92.5 Å². The molecule has 0 aliphatic carbocycles. The molecule has 0 N–H and O–H groups in total. The normalized spacial score (nSPS) is 11.9. The minimum absolute atomic E-state index is 0.112. The fraction of sp³-hybridized carbons (Fsp3) is 0.364. The maximum atomic E-state index is 12.1. The summed E-state index contributed by atoms with van der Waals surface area (Å²) in [4.78, 5) is 12.1. The van der Waals surface area contributed by atoms with Crippen molar-refractivity contribution in [2.24, 2.45) is 5.41 Å². The molecule has 0 aliphatic rings. The van der Waals surface area contributed by atoms with Gasteiger partial charge in [0.25, 0.3) is 0 Å². The van der Waals surface area contributed by atoms with Gasteiger partial charge in [0.2, 0.25) is 0 Å². The second-order valence-corrected chi connectivity index (χ2v) is 5.05. The molecule has 0 unspecified atom stereocenters. The van der Waals surface area contributed by atoms with Gasteiger partial charge in [-0.05, 0) is 12.1 Å².